The highest BCUT2D eigenvalue weighted by Crippen LogP contribution is 2.16. The molecule has 0 aliphatic heterocycles. The average Bonchev–Trinajstić information content (AvgIpc) is 2.79. The second-order valence-electron chi connectivity index (χ2n) is 4.19. The van der Waals surface area contributed by atoms with E-state index in [-0.39, 0.29) is 5.91 Å². The summed E-state index contributed by atoms with van der Waals surface area (Å²) in [6, 6.07) is 5.19. The molecule has 0 aliphatic rings. The van der Waals surface area contributed by atoms with Crippen molar-refractivity contribution in [2.75, 3.05) is 11.9 Å². The van der Waals surface area contributed by atoms with Crippen LogP contribution in [0.5, 0.6) is 0 Å². The molecule has 19 heavy (non-hydrogen) atoms. The molecule has 0 atom stereocenters. The fourth-order valence-corrected chi connectivity index (χ4v) is 1.91. The molecule has 0 aliphatic carbocycles. The summed E-state index contributed by atoms with van der Waals surface area (Å²) < 4.78 is 1.68. The van der Waals surface area contributed by atoms with E-state index in [4.69, 9.17) is 11.6 Å². The molecule has 100 valence electrons. The molecule has 0 bridgehead atoms. The van der Waals surface area contributed by atoms with Gasteiger partial charge in [-0.05, 0) is 32.0 Å². The zero-order chi connectivity index (χ0) is 14.0. The Labute approximate surface area is 116 Å². The van der Waals surface area contributed by atoms with Gasteiger partial charge in [0.25, 0.3) is 5.91 Å². The molecular weight excluding hydrogens is 264 g/mol. The third-order valence-corrected chi connectivity index (χ3v) is 3.00. The van der Waals surface area contributed by atoms with Crippen LogP contribution < -0.4 is 4.90 Å². The fourth-order valence-electron chi connectivity index (χ4n) is 1.80. The molecule has 0 saturated heterocycles. The van der Waals surface area contributed by atoms with Crippen molar-refractivity contribution in [1.29, 1.82) is 0 Å². The molecule has 6 heteroatoms. The SMILES string of the molecule is CCn1nc(C)cc1C(=O)N(C)c1ccc(Cl)cn1. The van der Waals surface area contributed by atoms with E-state index in [0.29, 0.717) is 23.1 Å². The Morgan fingerprint density at radius 3 is 2.79 bits per heavy atom. The predicted octanol–water partition coefficient (Wildman–Crippen LogP) is 2.54. The summed E-state index contributed by atoms with van der Waals surface area (Å²) in [5.74, 6) is 0.410. The number of rotatable bonds is 3. The quantitative estimate of drug-likeness (QED) is 0.867. The number of carbonyl (C=O) groups is 1. The molecular formula is C13H15ClN4O. The van der Waals surface area contributed by atoms with Crippen molar-refractivity contribution in [3.05, 3.63) is 40.8 Å². The Hall–Kier alpha value is -1.88. The zero-order valence-electron chi connectivity index (χ0n) is 11.1. The van der Waals surface area contributed by atoms with E-state index < -0.39 is 0 Å². The average molecular weight is 279 g/mol. The second-order valence-corrected chi connectivity index (χ2v) is 4.62. The number of hydrogen-bond donors (Lipinski definition) is 0. The van der Waals surface area contributed by atoms with Crippen LogP contribution in [-0.2, 0) is 6.54 Å². The first-order valence-corrected chi connectivity index (χ1v) is 6.34. The van der Waals surface area contributed by atoms with Gasteiger partial charge >= 0.3 is 0 Å². The topological polar surface area (TPSA) is 51.0 Å². The monoisotopic (exact) mass is 278 g/mol. The van der Waals surface area contributed by atoms with Crippen LogP contribution in [-0.4, -0.2) is 27.7 Å². The van der Waals surface area contributed by atoms with Crippen LogP contribution >= 0.6 is 11.6 Å². The van der Waals surface area contributed by atoms with Crippen molar-refractivity contribution in [3.8, 4) is 0 Å². The summed E-state index contributed by atoms with van der Waals surface area (Å²) in [7, 11) is 1.68. The maximum atomic E-state index is 12.4. The highest BCUT2D eigenvalue weighted by atomic mass is 35.5. The summed E-state index contributed by atoms with van der Waals surface area (Å²) in [5.41, 5.74) is 1.38. The van der Waals surface area contributed by atoms with Crippen LogP contribution in [0.25, 0.3) is 0 Å². The van der Waals surface area contributed by atoms with Gasteiger partial charge < -0.3 is 0 Å². The third-order valence-electron chi connectivity index (χ3n) is 2.78. The summed E-state index contributed by atoms with van der Waals surface area (Å²) in [5, 5.41) is 4.81. The van der Waals surface area contributed by atoms with Crippen LogP contribution in [0.3, 0.4) is 0 Å². The minimum atomic E-state index is -0.141. The minimum absolute atomic E-state index is 0.141. The number of carbonyl (C=O) groups excluding carboxylic acids is 1. The van der Waals surface area contributed by atoms with E-state index in [0.717, 1.165) is 5.69 Å². The number of pyridine rings is 1. The third kappa shape index (κ3) is 2.76. The summed E-state index contributed by atoms with van der Waals surface area (Å²) in [6.45, 7) is 4.46. The van der Waals surface area contributed by atoms with Gasteiger partial charge in [0.05, 0.1) is 10.7 Å². The highest BCUT2D eigenvalue weighted by molar-refractivity contribution is 6.30. The molecule has 2 aromatic rings. The van der Waals surface area contributed by atoms with Crippen molar-refractivity contribution in [1.82, 2.24) is 14.8 Å². The summed E-state index contributed by atoms with van der Waals surface area (Å²) >= 11 is 5.78. The molecule has 2 heterocycles. The first-order valence-electron chi connectivity index (χ1n) is 5.97. The van der Waals surface area contributed by atoms with Gasteiger partial charge in [0.2, 0.25) is 0 Å². The smallest absolute Gasteiger partial charge is 0.277 e. The Balaban J connectivity index is 2.30. The Morgan fingerprint density at radius 1 is 1.47 bits per heavy atom. The highest BCUT2D eigenvalue weighted by Gasteiger charge is 2.19. The molecule has 5 nitrogen and oxygen atoms in total. The van der Waals surface area contributed by atoms with Gasteiger partial charge in [0.1, 0.15) is 11.5 Å². The zero-order valence-corrected chi connectivity index (χ0v) is 11.8. The second kappa shape index (κ2) is 5.40. The number of halogens is 1. The maximum Gasteiger partial charge on any atom is 0.277 e. The van der Waals surface area contributed by atoms with Crippen molar-refractivity contribution in [2.24, 2.45) is 0 Å². The van der Waals surface area contributed by atoms with E-state index in [1.54, 1.807) is 29.9 Å². The fraction of sp³-hybridized carbons (Fsp3) is 0.308. The number of amides is 1. The van der Waals surface area contributed by atoms with E-state index in [1.165, 1.54) is 11.1 Å². The molecule has 0 unspecified atom stereocenters. The minimum Gasteiger partial charge on any atom is -0.295 e. The van der Waals surface area contributed by atoms with Crippen molar-refractivity contribution < 1.29 is 4.79 Å². The largest absolute Gasteiger partial charge is 0.295 e. The molecule has 0 fully saturated rings. The Bertz CT molecular complexity index is 591. The van der Waals surface area contributed by atoms with Crippen LogP contribution in [0.2, 0.25) is 5.02 Å². The number of hydrogen-bond acceptors (Lipinski definition) is 3. The molecule has 2 rings (SSSR count). The molecule has 0 saturated carbocycles. The van der Waals surface area contributed by atoms with Crippen molar-refractivity contribution in [3.63, 3.8) is 0 Å². The van der Waals surface area contributed by atoms with Gasteiger partial charge in [-0.25, -0.2) is 4.98 Å². The number of aryl methyl sites for hydroxylation is 2. The van der Waals surface area contributed by atoms with E-state index in [9.17, 15) is 4.79 Å². The number of anilines is 1. The lowest BCUT2D eigenvalue weighted by Gasteiger charge is -2.16. The van der Waals surface area contributed by atoms with E-state index >= 15 is 0 Å². The van der Waals surface area contributed by atoms with E-state index in [1.807, 2.05) is 13.8 Å². The van der Waals surface area contributed by atoms with Gasteiger partial charge in [-0.1, -0.05) is 11.6 Å². The van der Waals surface area contributed by atoms with E-state index in [2.05, 4.69) is 10.1 Å². The molecule has 0 aromatic carbocycles. The molecule has 0 N–H and O–H groups in total. The van der Waals surface area contributed by atoms with Crippen molar-refractivity contribution in [2.45, 2.75) is 20.4 Å². The lowest BCUT2D eigenvalue weighted by atomic mass is 10.3. The van der Waals surface area contributed by atoms with Crippen LogP contribution in [0, 0.1) is 6.92 Å². The van der Waals surface area contributed by atoms with Crippen LogP contribution in [0.1, 0.15) is 23.1 Å². The first kappa shape index (κ1) is 13.5. The summed E-state index contributed by atoms with van der Waals surface area (Å²) in [4.78, 5) is 18.0. The van der Waals surface area contributed by atoms with Gasteiger partial charge in [-0.3, -0.25) is 14.4 Å². The van der Waals surface area contributed by atoms with Crippen LogP contribution in [0.4, 0.5) is 5.82 Å². The Kier molecular flexibility index (Phi) is 3.85. The standard InChI is InChI=1S/C13H15ClN4O/c1-4-18-11(7-9(2)16-18)13(19)17(3)12-6-5-10(14)8-15-12/h5-8H,4H2,1-3H3. The van der Waals surface area contributed by atoms with Crippen LogP contribution in [0.15, 0.2) is 24.4 Å². The van der Waals surface area contributed by atoms with Gasteiger partial charge in [0.15, 0.2) is 0 Å². The maximum absolute atomic E-state index is 12.4. The molecule has 0 radical (unpaired) electrons. The van der Waals surface area contributed by atoms with Gasteiger partial charge in [-0.2, -0.15) is 5.10 Å². The van der Waals surface area contributed by atoms with Crippen molar-refractivity contribution >= 4 is 23.3 Å². The number of nitrogens with zero attached hydrogens (tertiary/aromatic N) is 4. The van der Waals surface area contributed by atoms with Gasteiger partial charge in [-0.15, -0.1) is 0 Å². The lowest BCUT2D eigenvalue weighted by Crippen LogP contribution is -2.29. The predicted molar refractivity (Wildman–Crippen MR) is 74.6 cm³/mol. The Morgan fingerprint density at radius 2 is 2.21 bits per heavy atom. The first-order chi connectivity index (χ1) is 9.02. The van der Waals surface area contributed by atoms with Gasteiger partial charge in [0, 0.05) is 19.8 Å². The number of aromatic nitrogens is 3. The molecule has 1 amide bonds. The normalized spacial score (nSPS) is 10.5. The summed E-state index contributed by atoms with van der Waals surface area (Å²) in [6.07, 6.45) is 1.52. The molecule has 0 spiro atoms. The lowest BCUT2D eigenvalue weighted by molar-refractivity contribution is 0.0982. The molecule has 2 aromatic heterocycles.